The summed E-state index contributed by atoms with van der Waals surface area (Å²) in [7, 11) is 0. The van der Waals surface area contributed by atoms with Crippen molar-refractivity contribution >= 4 is 35.0 Å². The van der Waals surface area contributed by atoms with E-state index in [2.05, 4.69) is 10.0 Å². The molecule has 4 nitrogen and oxygen atoms in total. The van der Waals surface area contributed by atoms with Gasteiger partial charge in [0, 0.05) is 10.6 Å². The highest BCUT2D eigenvalue weighted by Gasteiger charge is 2.43. The van der Waals surface area contributed by atoms with Gasteiger partial charge in [-0.05, 0) is 72.0 Å². The van der Waals surface area contributed by atoms with E-state index in [0.29, 0.717) is 5.69 Å². The summed E-state index contributed by atoms with van der Waals surface area (Å²) < 4.78 is 17.7. The van der Waals surface area contributed by atoms with Gasteiger partial charge < -0.3 is 10.4 Å². The molecule has 1 aliphatic carbocycles. The number of urea groups is 1. The number of amides is 2. The first-order chi connectivity index (χ1) is 12.7. The van der Waals surface area contributed by atoms with Crippen LogP contribution in [0.2, 0.25) is 0 Å². The molecule has 1 saturated carbocycles. The Labute approximate surface area is 167 Å². The van der Waals surface area contributed by atoms with Crippen LogP contribution in [0.15, 0.2) is 28.5 Å². The number of nitrogens with one attached hydrogen (secondary N) is 2. The molecule has 0 bridgehead atoms. The van der Waals surface area contributed by atoms with Gasteiger partial charge >= 0.3 is 6.03 Å². The van der Waals surface area contributed by atoms with E-state index in [1.807, 2.05) is 39.8 Å². The molecule has 0 aliphatic heterocycles. The molecule has 1 aliphatic rings. The minimum atomic E-state index is -0.655. The molecule has 0 spiro atoms. The highest BCUT2D eigenvalue weighted by Crippen LogP contribution is 2.48. The summed E-state index contributed by atoms with van der Waals surface area (Å²) in [5.41, 5.74) is 1.60. The summed E-state index contributed by atoms with van der Waals surface area (Å²) in [6, 6.07) is 6.43. The SMILES string of the molecule is CC(C)c1cc(F)cc(C(C)C)c1NC(=O)NSc1ccc(C2(O)CC2)s1. The lowest BCUT2D eigenvalue weighted by Gasteiger charge is -2.20. The van der Waals surface area contributed by atoms with Gasteiger partial charge in [-0.2, -0.15) is 0 Å². The minimum absolute atomic E-state index is 0.0836. The third-order valence-electron chi connectivity index (χ3n) is 4.65. The zero-order valence-electron chi connectivity index (χ0n) is 15.9. The molecule has 3 rings (SSSR count). The molecule has 0 saturated heterocycles. The highest BCUT2D eigenvalue weighted by molar-refractivity contribution is 7.99. The van der Waals surface area contributed by atoms with Crippen LogP contribution in [0.4, 0.5) is 14.9 Å². The van der Waals surface area contributed by atoms with Crippen LogP contribution in [0, 0.1) is 5.82 Å². The second kappa shape index (κ2) is 7.81. The predicted molar refractivity (Wildman–Crippen MR) is 110 cm³/mol. The van der Waals surface area contributed by atoms with E-state index in [1.165, 1.54) is 35.4 Å². The molecular formula is C20H25FN2O2S2. The van der Waals surface area contributed by atoms with Gasteiger partial charge in [0.15, 0.2) is 0 Å². The zero-order valence-corrected chi connectivity index (χ0v) is 17.6. The fourth-order valence-corrected chi connectivity index (χ4v) is 4.75. The molecule has 146 valence electrons. The van der Waals surface area contributed by atoms with Crippen LogP contribution < -0.4 is 10.0 Å². The Kier molecular flexibility index (Phi) is 5.84. The summed E-state index contributed by atoms with van der Waals surface area (Å²) in [6.45, 7) is 7.91. The van der Waals surface area contributed by atoms with Gasteiger partial charge in [0.1, 0.15) is 5.82 Å². The second-order valence-corrected chi connectivity index (χ2v) is 9.77. The summed E-state index contributed by atoms with van der Waals surface area (Å²) in [5, 5.41) is 13.1. The molecular weight excluding hydrogens is 383 g/mol. The van der Waals surface area contributed by atoms with E-state index in [-0.39, 0.29) is 23.7 Å². The lowest BCUT2D eigenvalue weighted by atomic mass is 9.92. The van der Waals surface area contributed by atoms with Gasteiger partial charge in [-0.1, -0.05) is 27.7 Å². The van der Waals surface area contributed by atoms with Crippen molar-refractivity contribution in [1.29, 1.82) is 0 Å². The lowest BCUT2D eigenvalue weighted by molar-refractivity contribution is 0.155. The number of rotatable bonds is 6. The van der Waals surface area contributed by atoms with Gasteiger partial charge in [-0.25, -0.2) is 9.18 Å². The predicted octanol–water partition coefficient (Wildman–Crippen LogP) is 5.94. The first-order valence-electron chi connectivity index (χ1n) is 9.09. The summed E-state index contributed by atoms with van der Waals surface area (Å²) >= 11 is 2.70. The standard InChI is InChI=1S/C20H25FN2O2S2/c1-11(2)14-9-13(21)10-15(12(3)4)18(14)22-19(24)23-27-17-6-5-16(26-17)20(25)7-8-20/h5-6,9-12,25H,7-8H2,1-4H3,(H2,22,23,24). The molecule has 1 aromatic heterocycles. The van der Waals surface area contributed by atoms with E-state index in [1.54, 1.807) is 0 Å². The van der Waals surface area contributed by atoms with Gasteiger partial charge in [-0.15, -0.1) is 11.3 Å². The van der Waals surface area contributed by atoms with E-state index in [4.69, 9.17) is 0 Å². The molecule has 7 heteroatoms. The van der Waals surface area contributed by atoms with Crippen LogP contribution in [0.3, 0.4) is 0 Å². The molecule has 2 aromatic rings. The Balaban J connectivity index is 1.71. The Morgan fingerprint density at radius 1 is 1.19 bits per heavy atom. The van der Waals surface area contributed by atoms with Crippen LogP contribution in [-0.4, -0.2) is 11.1 Å². The first kappa shape index (κ1) is 20.2. The third-order valence-corrected chi connectivity index (χ3v) is 6.85. The maximum Gasteiger partial charge on any atom is 0.329 e. The van der Waals surface area contributed by atoms with Crippen molar-refractivity contribution in [2.75, 3.05) is 5.32 Å². The van der Waals surface area contributed by atoms with Crippen LogP contribution in [0.5, 0.6) is 0 Å². The number of aliphatic hydroxyl groups is 1. The third kappa shape index (κ3) is 4.65. The topological polar surface area (TPSA) is 61.4 Å². The Hall–Kier alpha value is -1.57. The maximum absolute atomic E-state index is 14.0. The van der Waals surface area contributed by atoms with Crippen molar-refractivity contribution in [3.63, 3.8) is 0 Å². The normalized spacial score (nSPS) is 15.3. The molecule has 3 N–H and O–H groups in total. The van der Waals surface area contributed by atoms with Crippen molar-refractivity contribution < 1.29 is 14.3 Å². The number of carbonyl (C=O) groups excluding carboxylic acids is 1. The van der Waals surface area contributed by atoms with Gasteiger partial charge in [0.05, 0.1) is 9.81 Å². The van der Waals surface area contributed by atoms with Gasteiger partial charge in [0.25, 0.3) is 0 Å². The van der Waals surface area contributed by atoms with Crippen molar-refractivity contribution in [3.8, 4) is 0 Å². The molecule has 1 aromatic carbocycles. The number of thiophene rings is 1. The van der Waals surface area contributed by atoms with E-state index < -0.39 is 5.60 Å². The highest BCUT2D eigenvalue weighted by atomic mass is 32.2. The van der Waals surface area contributed by atoms with Gasteiger partial charge in [0.2, 0.25) is 0 Å². The lowest BCUT2D eigenvalue weighted by Crippen LogP contribution is -2.24. The average molecular weight is 409 g/mol. The quantitative estimate of drug-likeness (QED) is 0.518. The first-order valence-corrected chi connectivity index (χ1v) is 10.7. The molecule has 1 fully saturated rings. The molecule has 27 heavy (non-hydrogen) atoms. The molecule has 0 unspecified atom stereocenters. The average Bonchev–Trinajstić information content (AvgIpc) is 3.16. The maximum atomic E-state index is 14.0. The number of benzene rings is 1. The van der Waals surface area contributed by atoms with Gasteiger partial charge in [-0.3, -0.25) is 4.72 Å². The Morgan fingerprint density at radius 3 is 2.30 bits per heavy atom. The summed E-state index contributed by atoms with van der Waals surface area (Å²) in [5.74, 6) is -0.118. The monoisotopic (exact) mass is 408 g/mol. The summed E-state index contributed by atoms with van der Waals surface area (Å²) in [4.78, 5) is 13.4. The van der Waals surface area contributed by atoms with Crippen LogP contribution >= 0.6 is 23.3 Å². The van der Waals surface area contributed by atoms with Crippen molar-refractivity contribution in [2.45, 2.75) is 62.2 Å². The van der Waals surface area contributed by atoms with Crippen molar-refractivity contribution in [2.24, 2.45) is 0 Å². The largest absolute Gasteiger partial charge is 0.384 e. The number of anilines is 1. The van der Waals surface area contributed by atoms with E-state index in [9.17, 15) is 14.3 Å². The smallest absolute Gasteiger partial charge is 0.329 e. The molecule has 1 heterocycles. The number of hydrogen-bond donors (Lipinski definition) is 3. The number of hydrogen-bond acceptors (Lipinski definition) is 4. The number of halogens is 1. The van der Waals surface area contributed by atoms with Crippen molar-refractivity contribution in [1.82, 2.24) is 4.72 Å². The summed E-state index contributed by atoms with van der Waals surface area (Å²) in [6.07, 6.45) is 1.60. The van der Waals surface area contributed by atoms with E-state index >= 15 is 0 Å². The van der Waals surface area contributed by atoms with Crippen LogP contribution in [0.25, 0.3) is 0 Å². The Bertz CT molecular complexity index is 815. The van der Waals surface area contributed by atoms with Crippen LogP contribution in [-0.2, 0) is 5.60 Å². The number of carbonyl (C=O) groups is 1. The van der Waals surface area contributed by atoms with Crippen LogP contribution in [0.1, 0.15) is 68.4 Å². The van der Waals surface area contributed by atoms with Crippen molar-refractivity contribution in [3.05, 3.63) is 46.1 Å². The molecule has 0 radical (unpaired) electrons. The zero-order chi connectivity index (χ0) is 19.8. The van der Waals surface area contributed by atoms with E-state index in [0.717, 1.165) is 33.1 Å². The molecule has 2 amide bonds. The Morgan fingerprint density at radius 2 is 1.78 bits per heavy atom. The fourth-order valence-electron chi connectivity index (χ4n) is 2.93. The second-order valence-electron chi connectivity index (χ2n) is 7.58. The fraction of sp³-hybridized carbons (Fsp3) is 0.450. The molecule has 0 atom stereocenters. The minimum Gasteiger partial charge on any atom is -0.384 e.